The number of hydrogen-bond acceptors (Lipinski definition) is 3. The quantitative estimate of drug-likeness (QED) is 0.843. The molecule has 19 heavy (non-hydrogen) atoms. The first kappa shape index (κ1) is 12.1. The van der Waals surface area contributed by atoms with Gasteiger partial charge in [0.05, 0.1) is 11.1 Å². The number of rotatable bonds is 1. The van der Waals surface area contributed by atoms with Gasteiger partial charge in [0.2, 0.25) is 0 Å². The van der Waals surface area contributed by atoms with Crippen LogP contribution in [0.5, 0.6) is 0 Å². The van der Waals surface area contributed by atoms with Crippen molar-refractivity contribution in [2.75, 3.05) is 19.6 Å². The number of nitrogens with zero attached hydrogens (tertiary/aromatic N) is 2. The number of para-hydroxylation sites is 1. The van der Waals surface area contributed by atoms with E-state index in [4.69, 9.17) is 0 Å². The molecule has 0 saturated carbocycles. The molecule has 1 aliphatic rings. The van der Waals surface area contributed by atoms with Crippen LogP contribution >= 0.6 is 0 Å². The van der Waals surface area contributed by atoms with E-state index in [0.717, 1.165) is 30.5 Å². The number of piperazine rings is 1. The highest BCUT2D eigenvalue weighted by Crippen LogP contribution is 2.18. The zero-order chi connectivity index (χ0) is 13.2. The highest BCUT2D eigenvalue weighted by Gasteiger charge is 2.23. The maximum Gasteiger partial charge on any atom is 0.256 e. The Labute approximate surface area is 112 Å². The standard InChI is InChI=1S/C15H17N3O/c1-11-10-18(9-8-16-11)15(19)13-6-2-4-12-5-3-7-17-14(12)13/h2-7,11,16H,8-10H2,1H3/t11-/m1/s1. The predicted octanol–water partition coefficient (Wildman–Crippen LogP) is 1.67. The molecule has 1 aromatic heterocycles. The van der Waals surface area contributed by atoms with Crippen LogP contribution in [0.2, 0.25) is 0 Å². The molecule has 0 bridgehead atoms. The lowest BCUT2D eigenvalue weighted by molar-refractivity contribution is 0.0711. The van der Waals surface area contributed by atoms with Gasteiger partial charge in [-0.05, 0) is 19.1 Å². The molecule has 1 aliphatic heterocycles. The number of carbonyl (C=O) groups excluding carboxylic acids is 1. The van der Waals surface area contributed by atoms with Crippen molar-refractivity contribution in [1.29, 1.82) is 0 Å². The lowest BCUT2D eigenvalue weighted by atomic mass is 10.1. The largest absolute Gasteiger partial charge is 0.336 e. The number of carbonyl (C=O) groups is 1. The smallest absolute Gasteiger partial charge is 0.256 e. The Morgan fingerprint density at radius 2 is 2.21 bits per heavy atom. The minimum absolute atomic E-state index is 0.0812. The molecule has 1 saturated heterocycles. The van der Waals surface area contributed by atoms with E-state index in [2.05, 4.69) is 17.2 Å². The third-order valence-corrected chi connectivity index (χ3v) is 3.52. The van der Waals surface area contributed by atoms with Crippen LogP contribution < -0.4 is 5.32 Å². The van der Waals surface area contributed by atoms with Crippen LogP contribution in [0.3, 0.4) is 0 Å². The third-order valence-electron chi connectivity index (χ3n) is 3.52. The molecule has 0 spiro atoms. The molecule has 4 nitrogen and oxygen atoms in total. The molecule has 4 heteroatoms. The molecule has 0 unspecified atom stereocenters. The van der Waals surface area contributed by atoms with Gasteiger partial charge in [0.15, 0.2) is 0 Å². The molecule has 1 aromatic carbocycles. The second-order valence-electron chi connectivity index (χ2n) is 4.99. The van der Waals surface area contributed by atoms with Gasteiger partial charge in [-0.1, -0.05) is 18.2 Å². The first-order valence-corrected chi connectivity index (χ1v) is 6.62. The van der Waals surface area contributed by atoms with E-state index < -0.39 is 0 Å². The van der Waals surface area contributed by atoms with Gasteiger partial charge in [-0.2, -0.15) is 0 Å². The summed E-state index contributed by atoms with van der Waals surface area (Å²) in [5.74, 6) is 0.0812. The van der Waals surface area contributed by atoms with Crippen molar-refractivity contribution < 1.29 is 4.79 Å². The van der Waals surface area contributed by atoms with Crippen LogP contribution in [0, 0.1) is 0 Å². The first-order chi connectivity index (χ1) is 9.25. The van der Waals surface area contributed by atoms with Gasteiger partial charge < -0.3 is 10.2 Å². The number of amides is 1. The summed E-state index contributed by atoms with van der Waals surface area (Å²) >= 11 is 0. The summed E-state index contributed by atoms with van der Waals surface area (Å²) in [4.78, 5) is 18.9. The first-order valence-electron chi connectivity index (χ1n) is 6.62. The van der Waals surface area contributed by atoms with E-state index in [9.17, 15) is 4.79 Å². The number of pyridine rings is 1. The second kappa shape index (κ2) is 4.97. The van der Waals surface area contributed by atoms with Crippen molar-refractivity contribution in [3.8, 4) is 0 Å². The molecule has 98 valence electrons. The summed E-state index contributed by atoms with van der Waals surface area (Å²) in [6.45, 7) is 4.46. The van der Waals surface area contributed by atoms with Gasteiger partial charge in [0, 0.05) is 37.3 Å². The zero-order valence-electron chi connectivity index (χ0n) is 11.0. The van der Waals surface area contributed by atoms with E-state index in [0.29, 0.717) is 11.6 Å². The van der Waals surface area contributed by atoms with Crippen LogP contribution in [-0.2, 0) is 0 Å². The van der Waals surface area contributed by atoms with Gasteiger partial charge in [-0.15, -0.1) is 0 Å². The SMILES string of the molecule is C[C@@H]1CN(C(=O)c2cccc3cccnc23)CCN1. The Hall–Kier alpha value is -1.94. The maximum atomic E-state index is 12.6. The molecular weight excluding hydrogens is 238 g/mol. The fourth-order valence-corrected chi connectivity index (χ4v) is 2.56. The fraction of sp³-hybridized carbons (Fsp3) is 0.333. The van der Waals surface area contributed by atoms with Crippen molar-refractivity contribution in [2.24, 2.45) is 0 Å². The molecule has 0 radical (unpaired) electrons. The average molecular weight is 255 g/mol. The van der Waals surface area contributed by atoms with Crippen LogP contribution in [0.15, 0.2) is 36.5 Å². The summed E-state index contributed by atoms with van der Waals surface area (Å²) in [5.41, 5.74) is 1.49. The summed E-state index contributed by atoms with van der Waals surface area (Å²) in [6.07, 6.45) is 1.74. The molecule has 2 aromatic rings. The monoisotopic (exact) mass is 255 g/mol. The number of hydrogen-bond donors (Lipinski definition) is 1. The summed E-state index contributed by atoms with van der Waals surface area (Å²) < 4.78 is 0. The van der Waals surface area contributed by atoms with Crippen LogP contribution in [0.4, 0.5) is 0 Å². The van der Waals surface area contributed by atoms with Crippen molar-refractivity contribution in [2.45, 2.75) is 13.0 Å². The summed E-state index contributed by atoms with van der Waals surface area (Å²) in [5, 5.41) is 4.36. The van der Waals surface area contributed by atoms with Crippen molar-refractivity contribution in [1.82, 2.24) is 15.2 Å². The van der Waals surface area contributed by atoms with E-state index in [1.165, 1.54) is 0 Å². The molecule has 3 rings (SSSR count). The Bertz CT molecular complexity index is 606. The molecule has 1 atom stereocenters. The number of aromatic nitrogens is 1. The van der Waals surface area contributed by atoms with Crippen LogP contribution in [-0.4, -0.2) is 41.5 Å². The minimum atomic E-state index is 0.0812. The Kier molecular flexibility index (Phi) is 3.17. The summed E-state index contributed by atoms with van der Waals surface area (Å²) in [6, 6.07) is 10.00. The second-order valence-corrected chi connectivity index (χ2v) is 4.99. The third kappa shape index (κ3) is 2.31. The zero-order valence-corrected chi connectivity index (χ0v) is 11.0. The van der Waals surface area contributed by atoms with Gasteiger partial charge >= 0.3 is 0 Å². The number of nitrogens with one attached hydrogen (secondary N) is 1. The molecular formula is C15H17N3O. The molecule has 1 fully saturated rings. The van der Waals surface area contributed by atoms with E-state index in [1.54, 1.807) is 6.20 Å². The van der Waals surface area contributed by atoms with Crippen molar-refractivity contribution in [3.05, 3.63) is 42.1 Å². The van der Waals surface area contributed by atoms with Crippen molar-refractivity contribution >= 4 is 16.8 Å². The van der Waals surface area contributed by atoms with Gasteiger partial charge in [0.25, 0.3) is 5.91 Å². The fourth-order valence-electron chi connectivity index (χ4n) is 2.56. The average Bonchev–Trinajstić information content (AvgIpc) is 2.46. The van der Waals surface area contributed by atoms with Gasteiger partial charge in [-0.3, -0.25) is 9.78 Å². The highest BCUT2D eigenvalue weighted by atomic mass is 16.2. The molecule has 2 heterocycles. The van der Waals surface area contributed by atoms with Crippen LogP contribution in [0.25, 0.3) is 10.9 Å². The molecule has 1 amide bonds. The Balaban J connectivity index is 1.97. The number of fused-ring (bicyclic) bond motifs is 1. The van der Waals surface area contributed by atoms with Gasteiger partial charge in [0.1, 0.15) is 0 Å². The van der Waals surface area contributed by atoms with E-state index >= 15 is 0 Å². The van der Waals surface area contributed by atoms with Crippen molar-refractivity contribution in [3.63, 3.8) is 0 Å². The van der Waals surface area contributed by atoms with E-state index in [-0.39, 0.29) is 5.91 Å². The number of benzene rings is 1. The highest BCUT2D eigenvalue weighted by molar-refractivity contribution is 6.05. The maximum absolute atomic E-state index is 12.6. The lowest BCUT2D eigenvalue weighted by Crippen LogP contribution is -2.51. The lowest BCUT2D eigenvalue weighted by Gasteiger charge is -2.32. The minimum Gasteiger partial charge on any atom is -0.336 e. The van der Waals surface area contributed by atoms with Gasteiger partial charge in [-0.25, -0.2) is 0 Å². The van der Waals surface area contributed by atoms with E-state index in [1.807, 2.05) is 35.2 Å². The summed E-state index contributed by atoms with van der Waals surface area (Å²) in [7, 11) is 0. The molecule has 0 aliphatic carbocycles. The Morgan fingerprint density at radius 3 is 3.05 bits per heavy atom. The predicted molar refractivity (Wildman–Crippen MR) is 75.1 cm³/mol. The Morgan fingerprint density at radius 1 is 1.37 bits per heavy atom. The van der Waals surface area contributed by atoms with Crippen LogP contribution in [0.1, 0.15) is 17.3 Å². The topological polar surface area (TPSA) is 45.2 Å². The normalized spacial score (nSPS) is 19.6. The molecule has 1 N–H and O–H groups in total.